The first-order valence-electron chi connectivity index (χ1n) is 8.53. The molecule has 0 unspecified atom stereocenters. The number of piperidine rings is 1. The SMILES string of the molecule is O=C1CCSc2ccc(S(=O)(=O)CCC(=O)N3CCCCC3)cc2N1. The highest BCUT2D eigenvalue weighted by atomic mass is 32.2. The second-order valence-corrected chi connectivity index (χ2v) is 9.56. The molecule has 1 fully saturated rings. The van der Waals surface area contributed by atoms with Gasteiger partial charge in [0.25, 0.3) is 0 Å². The number of likely N-dealkylation sites (tertiary alicyclic amines) is 1. The van der Waals surface area contributed by atoms with Gasteiger partial charge in [-0.25, -0.2) is 8.42 Å². The number of benzene rings is 1. The van der Waals surface area contributed by atoms with Crippen LogP contribution >= 0.6 is 11.8 Å². The second kappa shape index (κ2) is 7.78. The summed E-state index contributed by atoms with van der Waals surface area (Å²) in [5, 5.41) is 2.75. The monoisotopic (exact) mass is 382 g/mol. The molecule has 1 saturated heterocycles. The maximum absolute atomic E-state index is 12.6. The third-order valence-electron chi connectivity index (χ3n) is 4.46. The molecule has 0 radical (unpaired) electrons. The minimum absolute atomic E-state index is 0.000523. The number of thioether (sulfide) groups is 1. The normalized spacial score (nSPS) is 18.2. The minimum atomic E-state index is -3.56. The molecule has 136 valence electrons. The van der Waals surface area contributed by atoms with Crippen LogP contribution in [0.1, 0.15) is 32.1 Å². The van der Waals surface area contributed by atoms with E-state index in [1.807, 2.05) is 0 Å². The molecule has 8 heteroatoms. The van der Waals surface area contributed by atoms with Gasteiger partial charge in [-0.2, -0.15) is 0 Å². The number of nitrogens with zero attached hydrogens (tertiary/aromatic N) is 1. The predicted octanol–water partition coefficient (Wildman–Crippen LogP) is 2.30. The second-order valence-electron chi connectivity index (χ2n) is 6.31. The molecule has 2 heterocycles. The zero-order valence-electron chi connectivity index (χ0n) is 14.0. The van der Waals surface area contributed by atoms with Crippen LogP contribution in [0.2, 0.25) is 0 Å². The zero-order chi connectivity index (χ0) is 17.9. The van der Waals surface area contributed by atoms with Gasteiger partial charge >= 0.3 is 0 Å². The molecule has 0 bridgehead atoms. The number of hydrogen-bond acceptors (Lipinski definition) is 5. The number of carbonyl (C=O) groups is 2. The van der Waals surface area contributed by atoms with Crippen LogP contribution in [-0.2, 0) is 19.4 Å². The average Bonchev–Trinajstić information content (AvgIpc) is 2.80. The van der Waals surface area contributed by atoms with Crippen LogP contribution in [0.5, 0.6) is 0 Å². The van der Waals surface area contributed by atoms with E-state index in [-0.39, 0.29) is 28.9 Å². The predicted molar refractivity (Wildman–Crippen MR) is 97.5 cm³/mol. The number of hydrogen-bond donors (Lipinski definition) is 1. The van der Waals surface area contributed by atoms with Crippen molar-refractivity contribution in [1.29, 1.82) is 0 Å². The molecule has 6 nitrogen and oxygen atoms in total. The minimum Gasteiger partial charge on any atom is -0.343 e. The van der Waals surface area contributed by atoms with E-state index in [4.69, 9.17) is 0 Å². The highest BCUT2D eigenvalue weighted by Gasteiger charge is 2.23. The van der Waals surface area contributed by atoms with Gasteiger partial charge < -0.3 is 10.2 Å². The summed E-state index contributed by atoms with van der Waals surface area (Å²) in [6.45, 7) is 1.45. The van der Waals surface area contributed by atoms with Gasteiger partial charge in [0.05, 0.1) is 16.3 Å². The van der Waals surface area contributed by atoms with Gasteiger partial charge in [0.15, 0.2) is 9.84 Å². The summed E-state index contributed by atoms with van der Waals surface area (Å²) in [7, 11) is -3.56. The Labute approximate surface area is 152 Å². The fourth-order valence-corrected chi connectivity index (χ4v) is 5.22. The van der Waals surface area contributed by atoms with Gasteiger partial charge in [-0.15, -0.1) is 11.8 Å². The van der Waals surface area contributed by atoms with Crippen LogP contribution < -0.4 is 5.32 Å². The van der Waals surface area contributed by atoms with Crippen molar-refractivity contribution < 1.29 is 18.0 Å². The lowest BCUT2D eigenvalue weighted by atomic mass is 10.1. The maximum atomic E-state index is 12.6. The first kappa shape index (κ1) is 18.3. The third kappa shape index (κ3) is 4.55. The summed E-state index contributed by atoms with van der Waals surface area (Å²) < 4.78 is 25.2. The van der Waals surface area contributed by atoms with Crippen molar-refractivity contribution in [1.82, 2.24) is 4.90 Å². The number of rotatable bonds is 4. The number of nitrogens with one attached hydrogen (secondary N) is 1. The quantitative estimate of drug-likeness (QED) is 0.864. The molecule has 0 saturated carbocycles. The van der Waals surface area contributed by atoms with E-state index in [0.717, 1.165) is 37.2 Å². The lowest BCUT2D eigenvalue weighted by Gasteiger charge is -2.26. The van der Waals surface area contributed by atoms with Crippen LogP contribution in [0.3, 0.4) is 0 Å². The molecule has 1 N–H and O–H groups in total. The molecule has 2 aliphatic rings. The highest BCUT2D eigenvalue weighted by molar-refractivity contribution is 7.99. The van der Waals surface area contributed by atoms with Crippen molar-refractivity contribution in [3.8, 4) is 0 Å². The van der Waals surface area contributed by atoms with Crippen LogP contribution in [-0.4, -0.2) is 49.7 Å². The Morgan fingerprint density at radius 3 is 2.72 bits per heavy atom. The summed E-state index contributed by atoms with van der Waals surface area (Å²) in [5.74, 6) is 0.264. The summed E-state index contributed by atoms with van der Waals surface area (Å²) in [5.41, 5.74) is 0.538. The molecule has 25 heavy (non-hydrogen) atoms. The van der Waals surface area contributed by atoms with E-state index in [9.17, 15) is 18.0 Å². The van der Waals surface area contributed by atoms with Gasteiger partial charge in [0.1, 0.15) is 0 Å². The number of fused-ring (bicyclic) bond motifs is 1. The molecule has 0 aliphatic carbocycles. The van der Waals surface area contributed by atoms with E-state index < -0.39 is 9.84 Å². The smallest absolute Gasteiger partial charge is 0.225 e. The van der Waals surface area contributed by atoms with Crippen LogP contribution in [0.4, 0.5) is 5.69 Å². The van der Waals surface area contributed by atoms with Crippen molar-refractivity contribution in [2.24, 2.45) is 0 Å². The largest absolute Gasteiger partial charge is 0.343 e. The van der Waals surface area contributed by atoms with Crippen molar-refractivity contribution in [2.75, 3.05) is 29.9 Å². The van der Waals surface area contributed by atoms with E-state index in [1.165, 1.54) is 17.8 Å². The van der Waals surface area contributed by atoms with Gasteiger partial charge in [-0.1, -0.05) is 0 Å². The van der Waals surface area contributed by atoms with E-state index >= 15 is 0 Å². The van der Waals surface area contributed by atoms with Crippen molar-refractivity contribution in [3.63, 3.8) is 0 Å². The Morgan fingerprint density at radius 2 is 1.96 bits per heavy atom. The molecular weight excluding hydrogens is 360 g/mol. The molecule has 3 rings (SSSR count). The Morgan fingerprint density at radius 1 is 1.20 bits per heavy atom. The van der Waals surface area contributed by atoms with Crippen molar-refractivity contribution in [3.05, 3.63) is 18.2 Å². The molecule has 0 atom stereocenters. The Kier molecular flexibility index (Phi) is 5.68. The van der Waals surface area contributed by atoms with Crippen LogP contribution in [0, 0.1) is 0 Å². The highest BCUT2D eigenvalue weighted by Crippen LogP contribution is 2.33. The van der Waals surface area contributed by atoms with E-state index in [0.29, 0.717) is 17.9 Å². The summed E-state index contributed by atoms with van der Waals surface area (Å²) in [6.07, 6.45) is 3.51. The molecule has 1 aromatic carbocycles. The van der Waals surface area contributed by atoms with Gasteiger partial charge in [-0.3, -0.25) is 9.59 Å². The number of carbonyl (C=O) groups excluding carboxylic acids is 2. The molecular formula is C17H22N2O4S2. The van der Waals surface area contributed by atoms with Gasteiger partial charge in [-0.05, 0) is 37.5 Å². The Balaban J connectivity index is 1.69. The van der Waals surface area contributed by atoms with Crippen LogP contribution in [0.15, 0.2) is 28.0 Å². The number of amides is 2. The maximum Gasteiger partial charge on any atom is 0.225 e. The fourth-order valence-electron chi connectivity index (χ4n) is 3.03. The molecule has 0 spiro atoms. The van der Waals surface area contributed by atoms with E-state index in [2.05, 4.69) is 5.32 Å². The Hall–Kier alpha value is -1.54. The fraction of sp³-hybridized carbons (Fsp3) is 0.529. The topological polar surface area (TPSA) is 83.5 Å². The molecule has 0 aromatic heterocycles. The van der Waals surface area contributed by atoms with Gasteiger partial charge in [0.2, 0.25) is 11.8 Å². The standard InChI is InChI=1S/C17H22N2O4S2/c20-16-6-10-24-15-5-4-13(12-14(15)18-16)25(22,23)11-7-17(21)19-8-2-1-3-9-19/h4-5,12H,1-3,6-11H2,(H,18,20). The Bertz CT molecular complexity index is 771. The summed E-state index contributed by atoms with van der Waals surface area (Å²) in [4.78, 5) is 26.7. The van der Waals surface area contributed by atoms with Crippen molar-refractivity contribution in [2.45, 2.75) is 41.9 Å². The average molecular weight is 383 g/mol. The van der Waals surface area contributed by atoms with E-state index in [1.54, 1.807) is 17.0 Å². The molecule has 2 aliphatic heterocycles. The lowest BCUT2D eigenvalue weighted by molar-refractivity contribution is -0.131. The zero-order valence-corrected chi connectivity index (χ0v) is 15.6. The van der Waals surface area contributed by atoms with Crippen LogP contribution in [0.25, 0.3) is 0 Å². The number of sulfone groups is 1. The van der Waals surface area contributed by atoms with Crippen molar-refractivity contribution >= 4 is 39.1 Å². The third-order valence-corrected chi connectivity index (χ3v) is 7.25. The first-order valence-corrected chi connectivity index (χ1v) is 11.2. The summed E-state index contributed by atoms with van der Waals surface area (Å²) in [6, 6.07) is 4.79. The lowest BCUT2D eigenvalue weighted by Crippen LogP contribution is -2.36. The summed E-state index contributed by atoms with van der Waals surface area (Å²) >= 11 is 1.53. The molecule has 1 aromatic rings. The number of anilines is 1. The first-order chi connectivity index (χ1) is 12.0. The van der Waals surface area contributed by atoms with Gasteiger partial charge in [0, 0.05) is 36.6 Å². The molecule has 2 amide bonds.